The van der Waals surface area contributed by atoms with Gasteiger partial charge in [0, 0.05) is 12.6 Å². The van der Waals surface area contributed by atoms with Gasteiger partial charge >= 0.3 is 0 Å². The summed E-state index contributed by atoms with van der Waals surface area (Å²) in [6, 6.07) is 0.599. The molecule has 0 radical (unpaired) electrons. The van der Waals surface area contributed by atoms with Gasteiger partial charge in [0.05, 0.1) is 0 Å². The Kier molecular flexibility index (Phi) is 3.39. The van der Waals surface area contributed by atoms with Gasteiger partial charge in [0.15, 0.2) is 0 Å². The molecule has 0 saturated carbocycles. The number of allylic oxidation sites excluding steroid dienone is 2. The van der Waals surface area contributed by atoms with E-state index in [0.29, 0.717) is 6.04 Å². The van der Waals surface area contributed by atoms with Crippen molar-refractivity contribution in [1.82, 2.24) is 4.90 Å². The minimum absolute atomic E-state index is 0.599. The maximum absolute atomic E-state index is 2.42. The van der Waals surface area contributed by atoms with Crippen molar-refractivity contribution >= 4 is 0 Å². The highest BCUT2D eigenvalue weighted by Gasteiger charge is 2.12. The zero-order chi connectivity index (χ0) is 8.97. The van der Waals surface area contributed by atoms with Crippen LogP contribution >= 0.6 is 0 Å². The van der Waals surface area contributed by atoms with E-state index in [9.17, 15) is 0 Å². The Labute approximate surface area is 75.8 Å². The van der Waals surface area contributed by atoms with E-state index in [1.54, 1.807) is 0 Å². The van der Waals surface area contributed by atoms with Crippen molar-refractivity contribution in [2.45, 2.75) is 39.7 Å². The molecule has 1 aliphatic heterocycles. The van der Waals surface area contributed by atoms with Crippen molar-refractivity contribution in [3.05, 3.63) is 23.9 Å². The van der Waals surface area contributed by atoms with E-state index >= 15 is 0 Å². The van der Waals surface area contributed by atoms with Crippen LogP contribution in [0.3, 0.4) is 0 Å². The summed E-state index contributed by atoms with van der Waals surface area (Å²) in [6.07, 6.45) is 9.12. The van der Waals surface area contributed by atoms with Crippen LogP contribution in [0, 0.1) is 0 Å². The van der Waals surface area contributed by atoms with Crippen LogP contribution in [-0.4, -0.2) is 17.5 Å². The Balaban J connectivity index is 2.46. The molecule has 0 bridgehead atoms. The summed E-state index contributed by atoms with van der Waals surface area (Å²) < 4.78 is 0. The molecule has 0 aromatic carbocycles. The molecule has 0 aromatic rings. The van der Waals surface area contributed by atoms with Crippen molar-refractivity contribution in [2.24, 2.45) is 0 Å². The van der Waals surface area contributed by atoms with Gasteiger partial charge in [-0.15, -0.1) is 0 Å². The highest BCUT2D eigenvalue weighted by molar-refractivity contribution is 5.20. The average Bonchev–Trinajstić information content (AvgIpc) is 2.08. The van der Waals surface area contributed by atoms with Crippen molar-refractivity contribution in [1.29, 1.82) is 0 Å². The lowest BCUT2D eigenvalue weighted by atomic mass is 10.1. The molecule has 0 amide bonds. The Morgan fingerprint density at radius 2 is 2.25 bits per heavy atom. The summed E-state index contributed by atoms with van der Waals surface area (Å²) in [6.45, 7) is 7.90. The second-order valence-corrected chi connectivity index (χ2v) is 3.52. The minimum Gasteiger partial charge on any atom is -0.371 e. The number of hydrogen-bond acceptors (Lipinski definition) is 1. The molecule has 1 heteroatoms. The summed E-state index contributed by atoms with van der Waals surface area (Å²) in [5.74, 6) is 0. The highest BCUT2D eigenvalue weighted by Crippen LogP contribution is 2.15. The van der Waals surface area contributed by atoms with E-state index in [1.807, 2.05) is 0 Å². The molecule has 1 heterocycles. The Morgan fingerprint density at radius 1 is 1.50 bits per heavy atom. The van der Waals surface area contributed by atoms with Crippen molar-refractivity contribution in [3.63, 3.8) is 0 Å². The molecule has 68 valence electrons. The molecule has 1 rings (SSSR count). The monoisotopic (exact) mass is 165 g/mol. The Morgan fingerprint density at radius 3 is 2.92 bits per heavy atom. The molecule has 1 nitrogen and oxygen atoms in total. The minimum atomic E-state index is 0.599. The number of nitrogens with zero attached hydrogens (tertiary/aromatic N) is 1. The first-order chi connectivity index (χ1) is 5.75. The predicted molar refractivity (Wildman–Crippen MR) is 54.0 cm³/mol. The molecule has 0 aromatic heterocycles. The van der Waals surface area contributed by atoms with Crippen LogP contribution in [-0.2, 0) is 0 Å². The molecule has 0 N–H and O–H groups in total. The van der Waals surface area contributed by atoms with Crippen molar-refractivity contribution in [3.8, 4) is 0 Å². The van der Waals surface area contributed by atoms with Crippen LogP contribution < -0.4 is 0 Å². The molecular formula is C11H19N. The summed E-state index contributed by atoms with van der Waals surface area (Å²) in [7, 11) is 0. The van der Waals surface area contributed by atoms with Crippen LogP contribution in [0.15, 0.2) is 23.9 Å². The lowest BCUT2D eigenvalue weighted by Crippen LogP contribution is -2.31. The van der Waals surface area contributed by atoms with E-state index in [4.69, 9.17) is 0 Å². The van der Waals surface area contributed by atoms with Gasteiger partial charge in [-0.05, 0) is 32.5 Å². The fourth-order valence-electron chi connectivity index (χ4n) is 1.44. The fourth-order valence-corrected chi connectivity index (χ4v) is 1.44. The predicted octanol–water partition coefficient (Wildman–Crippen LogP) is 2.95. The lowest BCUT2D eigenvalue weighted by molar-refractivity contribution is 0.315. The zero-order valence-electron chi connectivity index (χ0n) is 8.38. The summed E-state index contributed by atoms with van der Waals surface area (Å²) >= 11 is 0. The lowest BCUT2D eigenvalue weighted by Gasteiger charge is -2.30. The molecule has 1 unspecified atom stereocenters. The van der Waals surface area contributed by atoms with Crippen molar-refractivity contribution < 1.29 is 0 Å². The van der Waals surface area contributed by atoms with Gasteiger partial charge in [0.2, 0.25) is 0 Å². The van der Waals surface area contributed by atoms with E-state index in [1.165, 1.54) is 25.0 Å². The largest absolute Gasteiger partial charge is 0.371 e. The van der Waals surface area contributed by atoms with Crippen LogP contribution in [0.5, 0.6) is 0 Å². The van der Waals surface area contributed by atoms with Gasteiger partial charge in [-0.25, -0.2) is 0 Å². The standard InChI is InChI=1S/C11H19N/c1-4-5-8-12-9-6-7-10(2)11(12)3/h6-7,9,11H,4-5,8H2,1-3H3. The number of rotatable bonds is 3. The molecule has 0 saturated heterocycles. The Bertz CT molecular complexity index is 191. The summed E-state index contributed by atoms with van der Waals surface area (Å²) in [4.78, 5) is 2.42. The van der Waals surface area contributed by atoms with E-state index in [2.05, 4.69) is 44.0 Å². The topological polar surface area (TPSA) is 3.24 Å². The summed E-state index contributed by atoms with van der Waals surface area (Å²) in [5, 5.41) is 0. The molecule has 0 spiro atoms. The molecular weight excluding hydrogens is 146 g/mol. The SMILES string of the molecule is CCCCN1C=CC=C(C)C1C. The van der Waals surface area contributed by atoms with Crippen LogP contribution in [0.2, 0.25) is 0 Å². The number of unbranched alkanes of at least 4 members (excludes halogenated alkanes) is 1. The highest BCUT2D eigenvalue weighted by atomic mass is 15.1. The molecule has 12 heavy (non-hydrogen) atoms. The molecule has 0 aliphatic carbocycles. The quantitative estimate of drug-likeness (QED) is 0.621. The molecule has 1 aliphatic rings. The van der Waals surface area contributed by atoms with Crippen LogP contribution in [0.4, 0.5) is 0 Å². The number of hydrogen-bond donors (Lipinski definition) is 0. The second-order valence-electron chi connectivity index (χ2n) is 3.52. The third kappa shape index (κ3) is 2.13. The maximum Gasteiger partial charge on any atom is 0.0468 e. The van der Waals surface area contributed by atoms with E-state index in [-0.39, 0.29) is 0 Å². The van der Waals surface area contributed by atoms with Gasteiger partial charge in [0.1, 0.15) is 0 Å². The molecule has 0 fully saturated rings. The third-order valence-corrected chi connectivity index (χ3v) is 2.56. The summed E-state index contributed by atoms with van der Waals surface area (Å²) in [5.41, 5.74) is 1.47. The van der Waals surface area contributed by atoms with Crippen molar-refractivity contribution in [2.75, 3.05) is 6.54 Å². The third-order valence-electron chi connectivity index (χ3n) is 2.56. The van der Waals surface area contributed by atoms with E-state index in [0.717, 1.165) is 0 Å². The maximum atomic E-state index is 2.42. The smallest absolute Gasteiger partial charge is 0.0468 e. The second kappa shape index (κ2) is 4.34. The van der Waals surface area contributed by atoms with Gasteiger partial charge in [0.25, 0.3) is 0 Å². The van der Waals surface area contributed by atoms with Gasteiger partial charge in [-0.2, -0.15) is 0 Å². The van der Waals surface area contributed by atoms with Gasteiger partial charge < -0.3 is 4.90 Å². The van der Waals surface area contributed by atoms with E-state index < -0.39 is 0 Å². The van der Waals surface area contributed by atoms with Crippen LogP contribution in [0.25, 0.3) is 0 Å². The first-order valence-corrected chi connectivity index (χ1v) is 4.86. The van der Waals surface area contributed by atoms with Crippen LogP contribution in [0.1, 0.15) is 33.6 Å². The van der Waals surface area contributed by atoms with Gasteiger partial charge in [-0.3, -0.25) is 0 Å². The first-order valence-electron chi connectivity index (χ1n) is 4.86. The average molecular weight is 165 g/mol. The van der Waals surface area contributed by atoms with Gasteiger partial charge in [-0.1, -0.05) is 25.0 Å². The fraction of sp³-hybridized carbons (Fsp3) is 0.636. The first kappa shape index (κ1) is 9.37. The zero-order valence-corrected chi connectivity index (χ0v) is 8.38. The normalized spacial score (nSPS) is 22.8. The molecule has 1 atom stereocenters. The Hall–Kier alpha value is -0.720.